The summed E-state index contributed by atoms with van der Waals surface area (Å²) in [6, 6.07) is 3.81. The quantitative estimate of drug-likeness (QED) is 0.554. The molecule has 0 amide bonds. The molecule has 0 saturated heterocycles. The third-order valence-electron chi connectivity index (χ3n) is 2.45. The van der Waals surface area contributed by atoms with Gasteiger partial charge in [0.1, 0.15) is 6.54 Å². The number of carbonyl (C=O) groups is 1. The molecule has 1 aromatic carbocycles. The van der Waals surface area contributed by atoms with E-state index in [2.05, 4.69) is 4.74 Å². The van der Waals surface area contributed by atoms with Gasteiger partial charge in [0.15, 0.2) is 0 Å². The van der Waals surface area contributed by atoms with Crippen molar-refractivity contribution < 1.29 is 30.3 Å². The van der Waals surface area contributed by atoms with Crippen molar-refractivity contribution in [1.82, 2.24) is 4.31 Å². The van der Waals surface area contributed by atoms with E-state index in [4.69, 9.17) is 0 Å². The van der Waals surface area contributed by atoms with E-state index in [1.807, 2.05) is 0 Å². The highest BCUT2D eigenvalue weighted by molar-refractivity contribution is 7.89. The highest BCUT2D eigenvalue weighted by Gasteiger charge is 2.25. The van der Waals surface area contributed by atoms with Crippen molar-refractivity contribution in [3.8, 4) is 0 Å². The summed E-state index contributed by atoms with van der Waals surface area (Å²) in [5, 5.41) is 0. The van der Waals surface area contributed by atoms with E-state index in [1.54, 1.807) is 6.92 Å². The van der Waals surface area contributed by atoms with Crippen LogP contribution >= 0.6 is 0 Å². The number of carbonyl (C=O) groups excluding carboxylic acids is 1. The normalized spacial score (nSPS) is 12.4. The lowest BCUT2D eigenvalue weighted by atomic mass is 10.4. The van der Waals surface area contributed by atoms with E-state index >= 15 is 0 Å². The number of esters is 1. The molecule has 118 valence electrons. The second kappa shape index (κ2) is 6.50. The van der Waals surface area contributed by atoms with Crippen molar-refractivity contribution in [2.75, 3.05) is 20.2 Å². The standard InChI is InChI=1S/C11H14FNO6S2/c1-3-19-11(14)8-13(2)21(17,18)10-6-4-5-9(7-10)20(12,15)16/h4-7H,3,8H2,1-2H3. The van der Waals surface area contributed by atoms with Crippen molar-refractivity contribution in [1.29, 1.82) is 0 Å². The molecule has 0 saturated carbocycles. The molecule has 0 unspecified atom stereocenters. The average Bonchev–Trinajstić information content (AvgIpc) is 2.38. The second-order valence-corrected chi connectivity index (χ2v) is 7.37. The Kier molecular flexibility index (Phi) is 5.42. The minimum Gasteiger partial charge on any atom is -0.465 e. The Morgan fingerprint density at radius 2 is 1.81 bits per heavy atom. The van der Waals surface area contributed by atoms with Crippen LogP contribution in [-0.4, -0.2) is 47.3 Å². The first kappa shape index (κ1) is 17.5. The zero-order valence-electron chi connectivity index (χ0n) is 11.3. The van der Waals surface area contributed by atoms with E-state index in [0.29, 0.717) is 10.4 Å². The fourth-order valence-corrected chi connectivity index (χ4v) is 3.18. The Morgan fingerprint density at radius 3 is 2.33 bits per heavy atom. The molecule has 21 heavy (non-hydrogen) atoms. The molecule has 1 rings (SSSR count). The molecule has 0 radical (unpaired) electrons. The first-order valence-electron chi connectivity index (χ1n) is 5.75. The van der Waals surface area contributed by atoms with Gasteiger partial charge in [0.2, 0.25) is 10.0 Å². The summed E-state index contributed by atoms with van der Waals surface area (Å²) in [6.07, 6.45) is 0. The van der Waals surface area contributed by atoms with Crippen LogP contribution in [0.1, 0.15) is 6.92 Å². The Hall–Kier alpha value is -1.52. The lowest BCUT2D eigenvalue weighted by Gasteiger charge is -2.16. The first-order chi connectivity index (χ1) is 9.59. The molecule has 0 fully saturated rings. The molecule has 10 heteroatoms. The maximum Gasteiger partial charge on any atom is 0.332 e. The summed E-state index contributed by atoms with van der Waals surface area (Å²) in [5.74, 6) is -0.752. The largest absolute Gasteiger partial charge is 0.465 e. The average molecular weight is 339 g/mol. The molecule has 0 aliphatic heterocycles. The fraction of sp³-hybridized carbons (Fsp3) is 0.364. The molecule has 0 bridgehead atoms. The lowest BCUT2D eigenvalue weighted by molar-refractivity contribution is -0.143. The topological polar surface area (TPSA) is 97.8 Å². The maximum absolute atomic E-state index is 12.9. The highest BCUT2D eigenvalue weighted by atomic mass is 32.3. The molecular weight excluding hydrogens is 325 g/mol. The minimum absolute atomic E-state index is 0.0995. The van der Waals surface area contributed by atoms with Crippen molar-refractivity contribution in [2.24, 2.45) is 0 Å². The molecule has 0 heterocycles. The summed E-state index contributed by atoms with van der Waals surface area (Å²) in [6.45, 7) is 1.13. The van der Waals surface area contributed by atoms with Gasteiger partial charge in [-0.3, -0.25) is 4.79 Å². The van der Waals surface area contributed by atoms with Crippen molar-refractivity contribution >= 4 is 26.2 Å². The predicted octanol–water partition coefficient (Wildman–Crippen LogP) is 0.528. The van der Waals surface area contributed by atoms with E-state index in [1.165, 1.54) is 0 Å². The van der Waals surface area contributed by atoms with Gasteiger partial charge in [0.25, 0.3) is 0 Å². The zero-order chi connectivity index (χ0) is 16.3. The number of hydrogen-bond donors (Lipinski definition) is 0. The molecule has 0 aliphatic rings. The summed E-state index contributed by atoms with van der Waals surface area (Å²) in [5.41, 5.74) is 0. The molecular formula is C11H14FNO6S2. The van der Waals surface area contributed by atoms with Gasteiger partial charge in [0, 0.05) is 7.05 Å². The number of rotatable bonds is 6. The SMILES string of the molecule is CCOC(=O)CN(C)S(=O)(=O)c1cccc(S(=O)(=O)F)c1. The van der Waals surface area contributed by atoms with Gasteiger partial charge >= 0.3 is 16.2 Å². The molecule has 1 aromatic rings. The first-order valence-corrected chi connectivity index (χ1v) is 8.58. The Bertz CT molecular complexity index is 729. The Morgan fingerprint density at radius 1 is 1.24 bits per heavy atom. The third-order valence-corrected chi connectivity index (χ3v) is 5.07. The fourth-order valence-electron chi connectivity index (χ4n) is 1.44. The van der Waals surface area contributed by atoms with Gasteiger partial charge in [0.05, 0.1) is 16.4 Å². The van der Waals surface area contributed by atoms with E-state index in [9.17, 15) is 25.5 Å². The smallest absolute Gasteiger partial charge is 0.332 e. The number of hydrogen-bond acceptors (Lipinski definition) is 6. The van der Waals surface area contributed by atoms with Crippen LogP contribution in [0.15, 0.2) is 34.1 Å². The Balaban J connectivity index is 3.11. The maximum atomic E-state index is 12.9. The van der Waals surface area contributed by atoms with Gasteiger partial charge in [-0.05, 0) is 25.1 Å². The summed E-state index contributed by atoms with van der Waals surface area (Å²) in [4.78, 5) is 10.1. The number of sulfonamides is 1. The number of likely N-dealkylation sites (N-methyl/N-ethyl adjacent to an activating group) is 1. The molecule has 0 spiro atoms. The Labute approximate surface area is 122 Å². The third kappa shape index (κ3) is 4.48. The number of ether oxygens (including phenoxy) is 1. The molecule has 0 atom stereocenters. The van der Waals surface area contributed by atoms with Crippen molar-refractivity contribution in [3.63, 3.8) is 0 Å². The number of benzene rings is 1. The molecule has 0 N–H and O–H groups in total. The van der Waals surface area contributed by atoms with E-state index < -0.39 is 42.6 Å². The van der Waals surface area contributed by atoms with Crippen LogP contribution in [0.5, 0.6) is 0 Å². The van der Waals surface area contributed by atoms with Crippen molar-refractivity contribution in [3.05, 3.63) is 24.3 Å². The van der Waals surface area contributed by atoms with Gasteiger partial charge in [-0.1, -0.05) is 6.07 Å². The van der Waals surface area contributed by atoms with E-state index in [0.717, 1.165) is 25.2 Å². The van der Waals surface area contributed by atoms with Crippen LogP contribution in [0, 0.1) is 0 Å². The van der Waals surface area contributed by atoms with Crippen LogP contribution in [-0.2, 0) is 29.8 Å². The minimum atomic E-state index is -5.02. The van der Waals surface area contributed by atoms with Gasteiger partial charge in [-0.25, -0.2) is 8.42 Å². The summed E-state index contributed by atoms with van der Waals surface area (Å²) in [7, 11) is -8.02. The number of halogens is 1. The monoisotopic (exact) mass is 339 g/mol. The predicted molar refractivity (Wildman–Crippen MR) is 71.2 cm³/mol. The second-order valence-electron chi connectivity index (χ2n) is 3.98. The van der Waals surface area contributed by atoms with Gasteiger partial charge < -0.3 is 4.74 Å². The van der Waals surface area contributed by atoms with Crippen LogP contribution in [0.3, 0.4) is 0 Å². The lowest BCUT2D eigenvalue weighted by Crippen LogP contribution is -2.33. The molecule has 7 nitrogen and oxygen atoms in total. The van der Waals surface area contributed by atoms with Gasteiger partial charge in [-0.15, -0.1) is 3.89 Å². The molecule has 0 aliphatic carbocycles. The number of nitrogens with zero attached hydrogens (tertiary/aromatic N) is 1. The van der Waals surface area contributed by atoms with E-state index in [-0.39, 0.29) is 6.61 Å². The van der Waals surface area contributed by atoms with Crippen LogP contribution in [0.4, 0.5) is 3.89 Å². The molecule has 0 aromatic heterocycles. The summed E-state index contributed by atoms with van der Waals surface area (Å²) >= 11 is 0. The van der Waals surface area contributed by atoms with Crippen LogP contribution in [0.2, 0.25) is 0 Å². The summed E-state index contributed by atoms with van der Waals surface area (Å²) < 4.78 is 64.1. The van der Waals surface area contributed by atoms with Gasteiger partial charge in [-0.2, -0.15) is 12.7 Å². The van der Waals surface area contributed by atoms with Crippen LogP contribution < -0.4 is 0 Å². The van der Waals surface area contributed by atoms with Crippen LogP contribution in [0.25, 0.3) is 0 Å². The van der Waals surface area contributed by atoms with Crippen molar-refractivity contribution in [2.45, 2.75) is 16.7 Å². The highest BCUT2D eigenvalue weighted by Crippen LogP contribution is 2.20. The zero-order valence-corrected chi connectivity index (χ0v) is 12.9.